The fourth-order valence-corrected chi connectivity index (χ4v) is 7.87. The smallest absolute Gasteiger partial charge is 0.339 e. The molecule has 2 aliphatic heterocycles. The van der Waals surface area contributed by atoms with E-state index >= 15 is 0 Å². The zero-order chi connectivity index (χ0) is 39.0. The van der Waals surface area contributed by atoms with Crippen LogP contribution in [0, 0.1) is 0 Å². The summed E-state index contributed by atoms with van der Waals surface area (Å²) in [6.07, 6.45) is 9.79. The van der Waals surface area contributed by atoms with Gasteiger partial charge >= 0.3 is 17.9 Å². The summed E-state index contributed by atoms with van der Waals surface area (Å²) in [7, 11) is 2.74. The average Bonchev–Trinajstić information content (AvgIpc) is 4.04. The van der Waals surface area contributed by atoms with Crippen molar-refractivity contribution >= 4 is 47.9 Å². The van der Waals surface area contributed by atoms with Gasteiger partial charge in [0.25, 0.3) is 5.91 Å². The molecule has 2 aromatic carbocycles. The van der Waals surface area contributed by atoms with Crippen LogP contribution in [0.4, 0.5) is 11.6 Å². The van der Waals surface area contributed by atoms with Crippen LogP contribution in [0.1, 0.15) is 68.7 Å². The summed E-state index contributed by atoms with van der Waals surface area (Å²) >= 11 is 0. The summed E-state index contributed by atoms with van der Waals surface area (Å²) < 4.78 is 9.76. The number of nitrogens with two attached hydrogens (primary N) is 1. The number of hydrogen-bond acceptors (Lipinski definition) is 11. The number of fused-ring (bicyclic) bond motifs is 2. The molecule has 4 aromatic rings. The van der Waals surface area contributed by atoms with Crippen molar-refractivity contribution in [3.8, 4) is 0 Å². The zero-order valence-corrected chi connectivity index (χ0v) is 32.6. The van der Waals surface area contributed by atoms with Crippen molar-refractivity contribution < 1.29 is 33.8 Å². The number of nitrogens with one attached hydrogen (secondary N) is 1. The van der Waals surface area contributed by atoms with Gasteiger partial charge in [0.1, 0.15) is 28.3 Å². The number of carboxylic acid groups (broad SMARTS) is 1. The third-order valence-electron chi connectivity index (χ3n) is 10.6. The molecule has 0 bridgehead atoms. The molecule has 13 nitrogen and oxygen atoms in total. The number of pyridine rings is 2. The van der Waals surface area contributed by atoms with E-state index in [9.17, 15) is 19.2 Å². The minimum atomic E-state index is -1.08. The Morgan fingerprint density at radius 3 is 1.48 bits per heavy atom. The predicted molar refractivity (Wildman–Crippen MR) is 214 cm³/mol. The molecule has 0 radical (unpaired) electrons. The standard InChI is InChI=1S/C21H23N3O3.C11H13NO2.C10H12N2O2.ClH/c1-27-20(26)21(13-15-7-2-3-8-16(15)14-21)23-19(25)17-9-6-10-22-18(17)24-11-4-5-12-24;1-14-10(13)11(12)6-8-4-2-3-5-9(8)7-11;13-10(14)8-4-3-5-11-9(8)12-6-1-2-7-12;/h2-3,6-10H,4-5,11-14H2,1H3,(H,23,25);2-5H,6-7,12H2,1H3;3-5H,1-2,6-7H2,(H,13,14);1H. The maximum atomic E-state index is 13.2. The molecule has 4 N–H and O–H groups in total. The van der Waals surface area contributed by atoms with E-state index in [0.717, 1.165) is 74.1 Å². The Hall–Kier alpha value is -5.53. The van der Waals surface area contributed by atoms with Gasteiger partial charge < -0.3 is 35.4 Å². The lowest BCUT2D eigenvalue weighted by atomic mass is 9.95. The summed E-state index contributed by atoms with van der Waals surface area (Å²) in [5, 5.41) is 11.9. The van der Waals surface area contributed by atoms with Crippen molar-refractivity contribution in [1.82, 2.24) is 15.3 Å². The first-order chi connectivity index (χ1) is 26.6. The lowest BCUT2D eigenvalue weighted by Crippen LogP contribution is -2.56. The number of aromatic carboxylic acids is 1. The Morgan fingerprint density at radius 1 is 0.643 bits per heavy atom. The number of amides is 1. The Labute approximate surface area is 333 Å². The number of esters is 2. The first-order valence-corrected chi connectivity index (χ1v) is 18.6. The van der Waals surface area contributed by atoms with E-state index in [1.54, 1.807) is 36.7 Å². The minimum Gasteiger partial charge on any atom is -0.478 e. The number of rotatable bonds is 7. The normalized spacial score (nSPS) is 16.8. The second kappa shape index (κ2) is 18.4. The summed E-state index contributed by atoms with van der Waals surface area (Å²) in [5.74, 6) is -0.643. The molecule has 0 spiro atoms. The van der Waals surface area contributed by atoms with Crippen LogP contribution in [0.15, 0.2) is 85.2 Å². The van der Waals surface area contributed by atoms with E-state index in [4.69, 9.17) is 20.3 Å². The first-order valence-electron chi connectivity index (χ1n) is 18.6. The highest BCUT2D eigenvalue weighted by Crippen LogP contribution is 2.33. The summed E-state index contributed by atoms with van der Waals surface area (Å²) in [6.45, 7) is 3.62. The first kappa shape index (κ1) is 41.6. The molecule has 14 heteroatoms. The van der Waals surface area contributed by atoms with Crippen LogP contribution in [0.2, 0.25) is 0 Å². The number of halogens is 1. The molecule has 1 amide bonds. The number of carboxylic acids is 1. The van der Waals surface area contributed by atoms with Crippen molar-refractivity contribution in [3.05, 3.63) is 119 Å². The van der Waals surface area contributed by atoms with Gasteiger partial charge in [-0.25, -0.2) is 19.6 Å². The Kier molecular flexibility index (Phi) is 13.7. The monoisotopic (exact) mass is 784 g/mol. The Morgan fingerprint density at radius 2 is 1.05 bits per heavy atom. The molecule has 2 saturated heterocycles. The van der Waals surface area contributed by atoms with Crippen LogP contribution in [0.25, 0.3) is 0 Å². The summed E-state index contributed by atoms with van der Waals surface area (Å²) in [4.78, 5) is 60.9. The van der Waals surface area contributed by atoms with Gasteiger partial charge in [-0.1, -0.05) is 48.5 Å². The number of aromatic nitrogens is 2. The van der Waals surface area contributed by atoms with E-state index in [-0.39, 0.29) is 24.3 Å². The average molecular weight is 785 g/mol. The topological polar surface area (TPSA) is 177 Å². The van der Waals surface area contributed by atoms with Crippen molar-refractivity contribution in [3.63, 3.8) is 0 Å². The predicted octanol–water partition coefficient (Wildman–Crippen LogP) is 4.58. The fraction of sp³-hybridized carbons (Fsp3) is 0.381. The number of anilines is 2. The number of ether oxygens (including phenoxy) is 2. The van der Waals surface area contributed by atoms with Crippen LogP contribution >= 0.6 is 12.4 Å². The highest BCUT2D eigenvalue weighted by Gasteiger charge is 2.46. The highest BCUT2D eigenvalue weighted by molar-refractivity contribution is 6.02. The molecule has 8 rings (SSSR count). The maximum absolute atomic E-state index is 13.2. The van der Waals surface area contributed by atoms with E-state index in [0.29, 0.717) is 48.4 Å². The molecule has 0 atom stereocenters. The molecule has 0 saturated carbocycles. The van der Waals surface area contributed by atoms with E-state index in [1.807, 2.05) is 53.4 Å². The van der Waals surface area contributed by atoms with Gasteiger partial charge in [-0.3, -0.25) is 9.59 Å². The van der Waals surface area contributed by atoms with Crippen LogP contribution in [-0.2, 0) is 44.7 Å². The lowest BCUT2D eigenvalue weighted by Gasteiger charge is -2.28. The van der Waals surface area contributed by atoms with Crippen molar-refractivity contribution in [2.24, 2.45) is 5.73 Å². The fourth-order valence-electron chi connectivity index (χ4n) is 7.87. The van der Waals surface area contributed by atoms with Gasteiger partial charge in [-0.2, -0.15) is 0 Å². The van der Waals surface area contributed by atoms with E-state index in [1.165, 1.54) is 14.2 Å². The second-order valence-electron chi connectivity index (χ2n) is 14.4. The van der Waals surface area contributed by atoms with Gasteiger partial charge in [0.05, 0.1) is 19.8 Å². The molecule has 296 valence electrons. The van der Waals surface area contributed by atoms with Gasteiger partial charge in [0.2, 0.25) is 0 Å². The van der Waals surface area contributed by atoms with Crippen LogP contribution in [0.5, 0.6) is 0 Å². The largest absolute Gasteiger partial charge is 0.478 e. The number of nitrogens with zero attached hydrogens (tertiary/aromatic N) is 4. The van der Waals surface area contributed by atoms with E-state index in [2.05, 4.69) is 20.2 Å². The lowest BCUT2D eigenvalue weighted by molar-refractivity contribution is -0.148. The molecule has 4 aliphatic rings. The van der Waals surface area contributed by atoms with Crippen LogP contribution in [-0.4, -0.2) is 90.4 Å². The van der Waals surface area contributed by atoms with Crippen molar-refractivity contribution in [2.45, 2.75) is 62.4 Å². The number of hydrogen-bond donors (Lipinski definition) is 3. The molecular formula is C42H49ClN6O7. The maximum Gasteiger partial charge on any atom is 0.339 e. The minimum absolute atomic E-state index is 0. The third-order valence-corrected chi connectivity index (χ3v) is 10.6. The highest BCUT2D eigenvalue weighted by atomic mass is 35.5. The molecule has 0 unspecified atom stereocenters. The molecular weight excluding hydrogens is 736 g/mol. The number of methoxy groups -OCH3 is 2. The van der Waals surface area contributed by atoms with E-state index < -0.39 is 23.0 Å². The van der Waals surface area contributed by atoms with Gasteiger partial charge in [0.15, 0.2) is 0 Å². The molecule has 56 heavy (non-hydrogen) atoms. The van der Waals surface area contributed by atoms with Gasteiger partial charge in [-0.05, 0) is 72.2 Å². The second-order valence-corrected chi connectivity index (χ2v) is 14.4. The van der Waals surface area contributed by atoms with Crippen LogP contribution in [0.3, 0.4) is 0 Å². The molecule has 2 aliphatic carbocycles. The number of carbonyl (C=O) groups excluding carboxylic acids is 3. The molecule has 2 aromatic heterocycles. The van der Waals surface area contributed by atoms with Crippen LogP contribution < -0.4 is 20.9 Å². The summed E-state index contributed by atoms with van der Waals surface area (Å²) in [5.41, 5.74) is 9.30. The number of benzene rings is 2. The quantitative estimate of drug-likeness (QED) is 0.223. The molecule has 2 fully saturated rings. The SMILES string of the molecule is COC(=O)C1(N)Cc2ccccc2C1.COC(=O)C1(NC(=O)c2cccnc2N2CCCC2)Cc2ccccc2C1.Cl.O=C(O)c1cccnc1N1CCCC1. The van der Waals surface area contributed by atoms with Crippen molar-refractivity contribution in [1.29, 1.82) is 0 Å². The van der Waals surface area contributed by atoms with Crippen molar-refractivity contribution in [2.75, 3.05) is 50.2 Å². The Bertz CT molecular complexity index is 1980. The Balaban J connectivity index is 0.000000175. The van der Waals surface area contributed by atoms with Gasteiger partial charge in [-0.15, -0.1) is 12.4 Å². The third kappa shape index (κ3) is 9.11. The number of carbonyl (C=O) groups is 4. The van der Waals surface area contributed by atoms with Gasteiger partial charge in [0, 0.05) is 64.3 Å². The summed E-state index contributed by atoms with van der Waals surface area (Å²) in [6, 6.07) is 22.6. The molecule has 4 heterocycles. The zero-order valence-electron chi connectivity index (χ0n) is 31.7.